The average Bonchev–Trinajstić information content (AvgIpc) is 2.14. The van der Waals surface area contributed by atoms with Gasteiger partial charge in [-0.25, -0.2) is 4.79 Å². The average molecular weight is 235 g/mol. The molecule has 1 aromatic carbocycles. The lowest BCUT2D eigenvalue weighted by molar-refractivity contribution is -0.138. The van der Waals surface area contributed by atoms with Gasteiger partial charge in [-0.15, -0.1) is 0 Å². The first kappa shape index (κ1) is 12.2. The molecule has 1 rings (SSSR count). The zero-order valence-corrected chi connectivity index (χ0v) is 8.13. The molecule has 0 unspecified atom stereocenters. The van der Waals surface area contributed by atoms with Crippen LogP contribution in [0.1, 0.15) is 15.9 Å². The number of anilines is 1. The molecule has 0 amide bonds. The molecule has 16 heavy (non-hydrogen) atoms. The zero-order valence-electron chi connectivity index (χ0n) is 8.13. The van der Waals surface area contributed by atoms with Crippen molar-refractivity contribution < 1.29 is 27.8 Å². The van der Waals surface area contributed by atoms with Crippen molar-refractivity contribution >= 4 is 11.7 Å². The summed E-state index contributed by atoms with van der Waals surface area (Å²) in [5, 5.41) is 8.71. The van der Waals surface area contributed by atoms with Crippen LogP contribution in [0.2, 0.25) is 0 Å². The summed E-state index contributed by atoms with van der Waals surface area (Å²) < 4.78 is 42.1. The third kappa shape index (κ3) is 2.18. The van der Waals surface area contributed by atoms with Gasteiger partial charge in [-0.3, -0.25) is 0 Å². The maximum Gasteiger partial charge on any atom is 0.420 e. The lowest BCUT2D eigenvalue weighted by Crippen LogP contribution is -2.12. The zero-order chi connectivity index (χ0) is 12.5. The van der Waals surface area contributed by atoms with E-state index in [1.165, 1.54) is 0 Å². The number of hydrogen-bond donors (Lipinski definition) is 2. The molecular formula is C9H8F3NO3. The smallest absolute Gasteiger partial charge is 0.420 e. The lowest BCUT2D eigenvalue weighted by Gasteiger charge is -2.14. The molecule has 4 nitrogen and oxygen atoms in total. The van der Waals surface area contributed by atoms with Crippen LogP contribution < -0.4 is 10.5 Å². The van der Waals surface area contributed by atoms with Crippen LogP contribution in [0, 0.1) is 0 Å². The number of alkyl halides is 3. The van der Waals surface area contributed by atoms with E-state index in [9.17, 15) is 18.0 Å². The molecule has 7 heteroatoms. The molecule has 0 bridgehead atoms. The molecule has 0 atom stereocenters. The molecule has 0 heterocycles. The fourth-order valence-electron chi connectivity index (χ4n) is 1.24. The summed E-state index contributed by atoms with van der Waals surface area (Å²) in [4.78, 5) is 10.7. The minimum Gasteiger partial charge on any atom is -0.495 e. The maximum atomic E-state index is 12.5. The second-order valence-corrected chi connectivity index (χ2v) is 2.95. The molecule has 0 aliphatic rings. The van der Waals surface area contributed by atoms with Gasteiger partial charge in [0.15, 0.2) is 0 Å². The largest absolute Gasteiger partial charge is 0.495 e. The van der Waals surface area contributed by atoms with Crippen molar-refractivity contribution in [1.29, 1.82) is 0 Å². The molecule has 0 fully saturated rings. The molecule has 88 valence electrons. The van der Waals surface area contributed by atoms with Gasteiger partial charge < -0.3 is 15.6 Å². The van der Waals surface area contributed by atoms with Crippen LogP contribution >= 0.6 is 0 Å². The van der Waals surface area contributed by atoms with Crippen molar-refractivity contribution in [3.8, 4) is 5.75 Å². The molecule has 0 aromatic heterocycles. The molecule has 0 spiro atoms. The number of carboxylic acids is 1. The van der Waals surface area contributed by atoms with Crippen LogP contribution in [0.4, 0.5) is 18.9 Å². The van der Waals surface area contributed by atoms with Gasteiger partial charge in [0.05, 0.1) is 7.11 Å². The first-order valence-electron chi connectivity index (χ1n) is 4.05. The molecule has 3 N–H and O–H groups in total. The van der Waals surface area contributed by atoms with Crippen LogP contribution in [-0.2, 0) is 6.18 Å². The SMILES string of the molecule is COc1c(C(=O)O)cc(N)cc1C(F)(F)F. The number of ether oxygens (including phenoxy) is 1. The van der Waals surface area contributed by atoms with Crippen LogP contribution in [0.3, 0.4) is 0 Å². The second-order valence-electron chi connectivity index (χ2n) is 2.95. The Morgan fingerprint density at radius 1 is 1.44 bits per heavy atom. The van der Waals surface area contributed by atoms with Gasteiger partial charge in [0, 0.05) is 5.69 Å². The van der Waals surface area contributed by atoms with E-state index in [1.54, 1.807) is 0 Å². The van der Waals surface area contributed by atoms with E-state index in [0.717, 1.165) is 13.2 Å². The Kier molecular flexibility index (Phi) is 2.97. The maximum absolute atomic E-state index is 12.5. The van der Waals surface area contributed by atoms with Gasteiger partial charge >= 0.3 is 12.1 Å². The predicted molar refractivity (Wildman–Crippen MR) is 49.4 cm³/mol. The van der Waals surface area contributed by atoms with Crippen LogP contribution in [0.5, 0.6) is 5.75 Å². The summed E-state index contributed by atoms with van der Waals surface area (Å²) in [5.74, 6) is -2.27. The summed E-state index contributed by atoms with van der Waals surface area (Å²) in [6.45, 7) is 0. The highest BCUT2D eigenvalue weighted by Crippen LogP contribution is 2.39. The van der Waals surface area contributed by atoms with E-state index in [0.29, 0.717) is 6.07 Å². The summed E-state index contributed by atoms with van der Waals surface area (Å²) in [6, 6.07) is 1.54. The van der Waals surface area contributed by atoms with E-state index >= 15 is 0 Å². The van der Waals surface area contributed by atoms with E-state index in [2.05, 4.69) is 4.74 Å². The van der Waals surface area contributed by atoms with Crippen molar-refractivity contribution in [2.45, 2.75) is 6.18 Å². The number of carboxylic acid groups (broad SMARTS) is 1. The summed E-state index contributed by atoms with van der Waals surface area (Å²) in [6.07, 6.45) is -4.72. The van der Waals surface area contributed by atoms with Gasteiger partial charge in [0.25, 0.3) is 0 Å². The monoisotopic (exact) mass is 235 g/mol. The molecule has 0 aliphatic carbocycles. The van der Waals surface area contributed by atoms with E-state index in [-0.39, 0.29) is 5.69 Å². The number of hydrogen-bond acceptors (Lipinski definition) is 3. The second kappa shape index (κ2) is 3.92. The lowest BCUT2D eigenvalue weighted by atomic mass is 10.1. The number of carbonyl (C=O) groups is 1. The molecule has 0 saturated heterocycles. The fourth-order valence-corrected chi connectivity index (χ4v) is 1.24. The van der Waals surface area contributed by atoms with E-state index < -0.39 is 29.0 Å². The number of methoxy groups -OCH3 is 1. The molecular weight excluding hydrogens is 227 g/mol. The summed E-state index contributed by atoms with van der Waals surface area (Å²) in [5.41, 5.74) is 3.09. The summed E-state index contributed by atoms with van der Waals surface area (Å²) in [7, 11) is 0.965. The number of aromatic carboxylic acids is 1. The van der Waals surface area contributed by atoms with Crippen molar-refractivity contribution in [3.63, 3.8) is 0 Å². The Balaban J connectivity index is 3.55. The standard InChI is InChI=1S/C9H8F3NO3/c1-16-7-5(8(14)15)2-4(13)3-6(7)9(10,11)12/h2-3H,13H2,1H3,(H,14,15). The van der Waals surface area contributed by atoms with E-state index in [1.807, 2.05) is 0 Å². The van der Waals surface area contributed by atoms with Crippen LogP contribution in [0.15, 0.2) is 12.1 Å². The van der Waals surface area contributed by atoms with Gasteiger partial charge in [-0.05, 0) is 12.1 Å². The third-order valence-corrected chi connectivity index (χ3v) is 1.85. The number of halogens is 3. The Labute approximate surface area is 88.4 Å². The molecule has 0 radical (unpaired) electrons. The van der Waals surface area contributed by atoms with Crippen LogP contribution in [0.25, 0.3) is 0 Å². The first-order valence-corrected chi connectivity index (χ1v) is 4.05. The predicted octanol–water partition coefficient (Wildman–Crippen LogP) is 1.99. The topological polar surface area (TPSA) is 72.5 Å². The Bertz CT molecular complexity index is 429. The van der Waals surface area contributed by atoms with Crippen molar-refractivity contribution in [2.75, 3.05) is 12.8 Å². The quantitative estimate of drug-likeness (QED) is 0.769. The summed E-state index contributed by atoms with van der Waals surface area (Å²) >= 11 is 0. The number of rotatable bonds is 2. The normalized spacial score (nSPS) is 11.2. The molecule has 0 aliphatic heterocycles. The Hall–Kier alpha value is -1.92. The van der Waals surface area contributed by atoms with Gasteiger partial charge in [-0.1, -0.05) is 0 Å². The molecule has 1 aromatic rings. The van der Waals surface area contributed by atoms with Gasteiger partial charge in [-0.2, -0.15) is 13.2 Å². The highest BCUT2D eigenvalue weighted by atomic mass is 19.4. The van der Waals surface area contributed by atoms with Gasteiger partial charge in [0.1, 0.15) is 16.9 Å². The van der Waals surface area contributed by atoms with Crippen LogP contribution in [-0.4, -0.2) is 18.2 Å². The minimum atomic E-state index is -4.72. The number of nitrogens with two attached hydrogens (primary N) is 1. The first-order chi connectivity index (χ1) is 7.27. The number of benzene rings is 1. The van der Waals surface area contributed by atoms with E-state index in [4.69, 9.17) is 10.8 Å². The van der Waals surface area contributed by atoms with Crippen molar-refractivity contribution in [2.24, 2.45) is 0 Å². The van der Waals surface area contributed by atoms with Gasteiger partial charge in [0.2, 0.25) is 0 Å². The van der Waals surface area contributed by atoms with Crippen molar-refractivity contribution in [3.05, 3.63) is 23.3 Å². The van der Waals surface area contributed by atoms with Crippen molar-refractivity contribution in [1.82, 2.24) is 0 Å². The highest BCUT2D eigenvalue weighted by molar-refractivity contribution is 5.92. The minimum absolute atomic E-state index is 0.287. The Morgan fingerprint density at radius 2 is 2.00 bits per heavy atom. The molecule has 0 saturated carbocycles. The fraction of sp³-hybridized carbons (Fsp3) is 0.222. The number of nitrogen functional groups attached to an aromatic ring is 1. The third-order valence-electron chi connectivity index (χ3n) is 1.85. The highest BCUT2D eigenvalue weighted by Gasteiger charge is 2.36. The Morgan fingerprint density at radius 3 is 2.38 bits per heavy atom.